The molecular weight excluding hydrogens is 152 g/mol. The molecule has 0 aromatic carbocycles. The minimum atomic E-state index is -0.651. The van der Waals surface area contributed by atoms with Gasteiger partial charge < -0.3 is 5.11 Å². The summed E-state index contributed by atoms with van der Waals surface area (Å²) in [6, 6.07) is 0. The summed E-state index contributed by atoms with van der Waals surface area (Å²) in [4.78, 5) is 10.3. The first-order valence-electron chi connectivity index (χ1n) is 4.83. The average Bonchev–Trinajstić information content (AvgIpc) is 2.30. The largest absolute Gasteiger partial charge is 0.481 e. The van der Waals surface area contributed by atoms with E-state index < -0.39 is 5.97 Å². The summed E-state index contributed by atoms with van der Waals surface area (Å²) >= 11 is 0. The van der Waals surface area contributed by atoms with Gasteiger partial charge in [-0.25, -0.2) is 0 Å². The third-order valence-corrected chi connectivity index (χ3v) is 3.36. The van der Waals surface area contributed by atoms with Crippen LogP contribution in [0, 0.1) is 17.8 Å². The highest BCUT2D eigenvalue weighted by Gasteiger charge is 2.29. The lowest BCUT2D eigenvalue weighted by Crippen LogP contribution is -2.10. The molecule has 0 unspecified atom stereocenters. The fraction of sp³-hybridized carbons (Fsp3) is 0.900. The highest BCUT2D eigenvalue weighted by atomic mass is 16.4. The van der Waals surface area contributed by atoms with Gasteiger partial charge in [0, 0.05) is 6.42 Å². The van der Waals surface area contributed by atoms with Crippen molar-refractivity contribution in [1.82, 2.24) is 0 Å². The Morgan fingerprint density at radius 2 is 2.08 bits per heavy atom. The molecule has 1 saturated carbocycles. The van der Waals surface area contributed by atoms with Gasteiger partial charge in [0.25, 0.3) is 0 Å². The molecule has 0 amide bonds. The van der Waals surface area contributed by atoms with Crippen molar-refractivity contribution in [3.8, 4) is 0 Å². The lowest BCUT2D eigenvalue weighted by Gasteiger charge is -2.16. The van der Waals surface area contributed by atoms with Gasteiger partial charge >= 0.3 is 5.97 Å². The van der Waals surface area contributed by atoms with Crippen molar-refractivity contribution in [2.75, 3.05) is 0 Å². The van der Waals surface area contributed by atoms with Gasteiger partial charge in [0.15, 0.2) is 0 Å². The van der Waals surface area contributed by atoms with Crippen LogP contribution in [0.5, 0.6) is 0 Å². The fourth-order valence-corrected chi connectivity index (χ4v) is 2.18. The molecule has 0 radical (unpaired) electrons. The Bertz CT molecular complexity index is 165. The summed E-state index contributed by atoms with van der Waals surface area (Å²) in [6.45, 7) is 4.52. The van der Waals surface area contributed by atoms with Crippen LogP contribution in [0.15, 0.2) is 0 Å². The maximum absolute atomic E-state index is 10.3. The summed E-state index contributed by atoms with van der Waals surface area (Å²) in [5, 5.41) is 8.53. The lowest BCUT2D eigenvalue weighted by atomic mass is 9.89. The molecule has 0 aliphatic heterocycles. The Kier molecular flexibility index (Phi) is 3.12. The maximum Gasteiger partial charge on any atom is 0.303 e. The van der Waals surface area contributed by atoms with Crippen LogP contribution in [-0.2, 0) is 4.79 Å². The standard InChI is InChI=1S/C10H18O2/c1-7-3-4-9(8(7)2)5-6-10(11)12/h7-9H,3-6H2,1-2H3,(H,11,12)/t7-,8-,9-/m1/s1. The molecule has 3 atom stereocenters. The molecule has 2 heteroatoms. The number of carbonyl (C=O) groups is 1. The van der Waals surface area contributed by atoms with Gasteiger partial charge in [0.2, 0.25) is 0 Å². The number of rotatable bonds is 3. The van der Waals surface area contributed by atoms with E-state index in [4.69, 9.17) is 5.11 Å². The molecule has 12 heavy (non-hydrogen) atoms. The average molecular weight is 170 g/mol. The number of carboxylic acids is 1. The molecule has 1 N–H and O–H groups in total. The van der Waals surface area contributed by atoms with Crippen molar-refractivity contribution in [3.63, 3.8) is 0 Å². The molecule has 0 spiro atoms. The summed E-state index contributed by atoms with van der Waals surface area (Å²) in [6.07, 6.45) is 3.74. The van der Waals surface area contributed by atoms with Crippen molar-refractivity contribution in [1.29, 1.82) is 0 Å². The van der Waals surface area contributed by atoms with Gasteiger partial charge in [-0.1, -0.05) is 20.3 Å². The van der Waals surface area contributed by atoms with Crippen molar-refractivity contribution >= 4 is 5.97 Å². The molecule has 2 nitrogen and oxygen atoms in total. The number of hydrogen-bond donors (Lipinski definition) is 1. The number of carboxylic acid groups (broad SMARTS) is 1. The zero-order chi connectivity index (χ0) is 9.14. The van der Waals surface area contributed by atoms with Crippen LogP contribution < -0.4 is 0 Å². The second-order valence-corrected chi connectivity index (χ2v) is 4.11. The quantitative estimate of drug-likeness (QED) is 0.706. The van der Waals surface area contributed by atoms with E-state index >= 15 is 0 Å². The molecule has 1 fully saturated rings. The van der Waals surface area contributed by atoms with E-state index in [-0.39, 0.29) is 0 Å². The van der Waals surface area contributed by atoms with Gasteiger partial charge in [-0.2, -0.15) is 0 Å². The molecular formula is C10H18O2. The van der Waals surface area contributed by atoms with Crippen LogP contribution in [0.25, 0.3) is 0 Å². The predicted octanol–water partition coefficient (Wildman–Crippen LogP) is 2.53. The van der Waals surface area contributed by atoms with Crippen LogP contribution >= 0.6 is 0 Å². The molecule has 0 aromatic rings. The smallest absolute Gasteiger partial charge is 0.303 e. The highest BCUT2D eigenvalue weighted by Crippen LogP contribution is 2.38. The normalized spacial score (nSPS) is 35.3. The zero-order valence-electron chi connectivity index (χ0n) is 7.92. The minimum Gasteiger partial charge on any atom is -0.481 e. The van der Waals surface area contributed by atoms with E-state index in [0.29, 0.717) is 12.3 Å². The van der Waals surface area contributed by atoms with Crippen molar-refractivity contribution < 1.29 is 9.90 Å². The number of hydrogen-bond acceptors (Lipinski definition) is 1. The SMILES string of the molecule is C[C@H]1[C@@H](CCC(=O)O)CC[C@H]1C. The minimum absolute atomic E-state index is 0.349. The summed E-state index contributed by atoms with van der Waals surface area (Å²) < 4.78 is 0. The van der Waals surface area contributed by atoms with Gasteiger partial charge in [-0.15, -0.1) is 0 Å². The van der Waals surface area contributed by atoms with Gasteiger partial charge in [-0.3, -0.25) is 4.79 Å². The Morgan fingerprint density at radius 1 is 1.42 bits per heavy atom. The van der Waals surface area contributed by atoms with E-state index in [1.54, 1.807) is 0 Å². The first-order chi connectivity index (χ1) is 5.61. The van der Waals surface area contributed by atoms with Gasteiger partial charge in [0.05, 0.1) is 0 Å². The summed E-state index contributed by atoms with van der Waals surface area (Å²) in [5.74, 6) is 1.53. The first-order valence-corrected chi connectivity index (χ1v) is 4.83. The molecule has 1 rings (SSSR count). The molecule has 0 saturated heterocycles. The zero-order valence-corrected chi connectivity index (χ0v) is 7.92. The Hall–Kier alpha value is -0.530. The van der Waals surface area contributed by atoms with E-state index in [9.17, 15) is 4.79 Å². The summed E-state index contributed by atoms with van der Waals surface area (Å²) in [7, 11) is 0. The van der Waals surface area contributed by atoms with Crippen molar-refractivity contribution in [2.24, 2.45) is 17.8 Å². The van der Waals surface area contributed by atoms with Crippen LogP contribution in [0.4, 0.5) is 0 Å². The van der Waals surface area contributed by atoms with Gasteiger partial charge in [0.1, 0.15) is 0 Å². The Morgan fingerprint density at radius 3 is 2.50 bits per heavy atom. The second kappa shape index (κ2) is 3.92. The Balaban J connectivity index is 2.29. The lowest BCUT2D eigenvalue weighted by molar-refractivity contribution is -0.137. The molecule has 0 bridgehead atoms. The fourth-order valence-electron chi connectivity index (χ4n) is 2.18. The monoisotopic (exact) mass is 170 g/mol. The highest BCUT2D eigenvalue weighted by molar-refractivity contribution is 5.66. The van der Waals surface area contributed by atoms with E-state index in [0.717, 1.165) is 18.3 Å². The third-order valence-electron chi connectivity index (χ3n) is 3.36. The molecule has 1 aliphatic rings. The van der Waals surface area contributed by atoms with Crippen molar-refractivity contribution in [3.05, 3.63) is 0 Å². The number of aliphatic carboxylic acids is 1. The summed E-state index contributed by atoms with van der Waals surface area (Å²) in [5.41, 5.74) is 0. The van der Waals surface area contributed by atoms with Crippen LogP contribution in [0.2, 0.25) is 0 Å². The van der Waals surface area contributed by atoms with E-state index in [2.05, 4.69) is 13.8 Å². The topological polar surface area (TPSA) is 37.3 Å². The van der Waals surface area contributed by atoms with Gasteiger partial charge in [-0.05, 0) is 30.6 Å². The maximum atomic E-state index is 10.3. The van der Waals surface area contributed by atoms with E-state index in [1.165, 1.54) is 12.8 Å². The predicted molar refractivity (Wildman–Crippen MR) is 47.9 cm³/mol. The first kappa shape index (κ1) is 9.56. The third kappa shape index (κ3) is 2.23. The molecule has 70 valence electrons. The van der Waals surface area contributed by atoms with Crippen LogP contribution in [0.1, 0.15) is 39.5 Å². The molecule has 0 heterocycles. The second-order valence-electron chi connectivity index (χ2n) is 4.11. The molecule has 1 aliphatic carbocycles. The Labute approximate surface area is 74.0 Å². The molecule has 0 aromatic heterocycles. The van der Waals surface area contributed by atoms with Crippen LogP contribution in [0.3, 0.4) is 0 Å². The van der Waals surface area contributed by atoms with E-state index in [1.807, 2.05) is 0 Å². The van der Waals surface area contributed by atoms with Crippen LogP contribution in [-0.4, -0.2) is 11.1 Å². The van der Waals surface area contributed by atoms with Crippen molar-refractivity contribution in [2.45, 2.75) is 39.5 Å².